The van der Waals surface area contributed by atoms with Crippen LogP contribution in [0.15, 0.2) is 94.9 Å². The Kier molecular flexibility index (Phi) is 4.43. The molecular weight excluding hydrogens is 444 g/mol. The zero-order chi connectivity index (χ0) is 24.3. The molecule has 6 nitrogen and oxygen atoms in total. The largest absolute Gasteiger partial charge is 0.372 e. The molecule has 3 aliphatic rings. The number of para-hydroxylation sites is 4. The monoisotopic (exact) mass is 470 g/mol. The van der Waals surface area contributed by atoms with E-state index in [2.05, 4.69) is 73.0 Å². The number of nitrogens with one attached hydrogen (secondary N) is 2. The van der Waals surface area contributed by atoms with E-state index in [0.29, 0.717) is 12.8 Å². The van der Waals surface area contributed by atoms with Gasteiger partial charge in [-0.1, -0.05) is 36.4 Å². The standard InChI is InChI=1S/C30H26N6/c1-29-17-25(32-19-9-3-5-11-23(19)35-29)21-13-7-14-22(31-21)26-18-30(2,28-16-8-15-27(29)34-28)36-24-12-6-4-10-20(24)33-26/h3-16,35-36H,17-18H2,1-2H3. The minimum absolute atomic E-state index is 0.478. The number of pyridine rings is 2. The number of benzene rings is 2. The van der Waals surface area contributed by atoms with Crippen molar-refractivity contribution >= 4 is 34.2 Å². The molecule has 0 spiro atoms. The minimum atomic E-state index is -0.478. The summed E-state index contributed by atoms with van der Waals surface area (Å²) >= 11 is 0. The zero-order valence-electron chi connectivity index (χ0n) is 20.3. The molecule has 8 bridgehead atoms. The molecule has 5 heterocycles. The Hall–Kier alpha value is -4.32. The second kappa shape index (κ2) is 7.59. The highest BCUT2D eigenvalue weighted by Crippen LogP contribution is 2.42. The molecule has 3 aliphatic heterocycles. The van der Waals surface area contributed by atoms with Crippen molar-refractivity contribution in [1.82, 2.24) is 9.97 Å². The summed E-state index contributed by atoms with van der Waals surface area (Å²) in [5, 5.41) is 7.57. The molecule has 0 saturated heterocycles. The molecule has 2 N–H and O–H groups in total. The number of hydrogen-bond acceptors (Lipinski definition) is 6. The van der Waals surface area contributed by atoms with E-state index in [0.717, 1.165) is 56.9 Å². The SMILES string of the molecule is CC12CC(=Nc3ccccc3N1)c1cccc(n1)C1=Nc3ccccc3NC(C)(C1)c1cccc2n1. The summed E-state index contributed by atoms with van der Waals surface area (Å²) in [6, 6.07) is 28.9. The lowest BCUT2D eigenvalue weighted by Crippen LogP contribution is -2.39. The number of rotatable bonds is 0. The number of aliphatic imine (C=N–C) groups is 2. The Morgan fingerprint density at radius 1 is 0.556 bits per heavy atom. The third-order valence-electron chi connectivity index (χ3n) is 7.40. The van der Waals surface area contributed by atoms with Gasteiger partial charge in [0.05, 0.1) is 68.0 Å². The fourth-order valence-electron chi connectivity index (χ4n) is 5.49. The quantitative estimate of drug-likeness (QED) is 0.308. The van der Waals surface area contributed by atoms with Gasteiger partial charge in [0, 0.05) is 12.8 Å². The van der Waals surface area contributed by atoms with E-state index in [1.54, 1.807) is 0 Å². The molecular formula is C30H26N6. The summed E-state index contributed by atoms with van der Waals surface area (Å²) in [7, 11) is 0. The van der Waals surface area contributed by atoms with Crippen LogP contribution in [0.2, 0.25) is 0 Å². The van der Waals surface area contributed by atoms with Crippen LogP contribution in [0.1, 0.15) is 49.5 Å². The highest BCUT2D eigenvalue weighted by molar-refractivity contribution is 6.06. The van der Waals surface area contributed by atoms with Crippen LogP contribution in [-0.2, 0) is 11.1 Å². The first kappa shape index (κ1) is 21.0. The van der Waals surface area contributed by atoms with Gasteiger partial charge in [0.15, 0.2) is 0 Å². The normalized spacial score (nSPS) is 23.5. The number of fused-ring (bicyclic) bond motifs is 14. The highest BCUT2D eigenvalue weighted by atomic mass is 15.1. The lowest BCUT2D eigenvalue weighted by Gasteiger charge is -2.35. The molecule has 0 saturated carbocycles. The predicted octanol–water partition coefficient (Wildman–Crippen LogP) is 6.49. The van der Waals surface area contributed by atoms with Gasteiger partial charge in [0.25, 0.3) is 0 Å². The molecule has 0 radical (unpaired) electrons. The summed E-state index contributed by atoms with van der Waals surface area (Å²) in [6.45, 7) is 4.41. The third kappa shape index (κ3) is 3.33. The molecule has 7 rings (SSSR count). The smallest absolute Gasteiger partial charge is 0.0865 e. The second-order valence-corrected chi connectivity index (χ2v) is 10.2. The van der Waals surface area contributed by atoms with Crippen LogP contribution in [0.5, 0.6) is 0 Å². The zero-order valence-corrected chi connectivity index (χ0v) is 20.3. The van der Waals surface area contributed by atoms with Crippen LogP contribution in [-0.4, -0.2) is 21.4 Å². The molecule has 2 unspecified atom stereocenters. The fraction of sp³-hybridized carbons (Fsp3) is 0.200. The van der Waals surface area contributed by atoms with Crippen molar-refractivity contribution in [2.75, 3.05) is 10.6 Å². The maximum absolute atomic E-state index is 5.30. The Morgan fingerprint density at radius 3 is 1.56 bits per heavy atom. The average Bonchev–Trinajstić information content (AvgIpc) is 3.16. The van der Waals surface area contributed by atoms with Crippen LogP contribution in [0, 0.1) is 0 Å². The van der Waals surface area contributed by atoms with E-state index in [1.165, 1.54) is 0 Å². The van der Waals surface area contributed by atoms with Gasteiger partial charge in [-0.15, -0.1) is 0 Å². The molecule has 6 heteroatoms. The Balaban J connectivity index is 1.54. The van der Waals surface area contributed by atoms with E-state index in [1.807, 2.05) is 36.4 Å². The van der Waals surface area contributed by atoms with Crippen molar-refractivity contribution in [1.29, 1.82) is 0 Å². The van der Waals surface area contributed by atoms with Crippen LogP contribution in [0.4, 0.5) is 22.7 Å². The second-order valence-electron chi connectivity index (χ2n) is 10.2. The first-order valence-corrected chi connectivity index (χ1v) is 12.3. The van der Waals surface area contributed by atoms with Crippen LogP contribution in [0.25, 0.3) is 0 Å². The topological polar surface area (TPSA) is 74.6 Å². The van der Waals surface area contributed by atoms with E-state index in [-0.39, 0.29) is 0 Å². The maximum Gasteiger partial charge on any atom is 0.0865 e. The van der Waals surface area contributed by atoms with Gasteiger partial charge in [0.2, 0.25) is 0 Å². The van der Waals surface area contributed by atoms with Gasteiger partial charge in [-0.25, -0.2) is 15.0 Å². The van der Waals surface area contributed by atoms with Gasteiger partial charge in [-0.2, -0.15) is 0 Å². The van der Waals surface area contributed by atoms with Crippen LogP contribution < -0.4 is 10.6 Å². The van der Waals surface area contributed by atoms with Crippen molar-refractivity contribution in [3.05, 3.63) is 108 Å². The fourth-order valence-corrected chi connectivity index (χ4v) is 5.49. The number of aromatic nitrogens is 2. The molecule has 2 aromatic carbocycles. The molecule has 2 atom stereocenters. The van der Waals surface area contributed by atoms with E-state index in [4.69, 9.17) is 20.0 Å². The predicted molar refractivity (Wildman–Crippen MR) is 145 cm³/mol. The van der Waals surface area contributed by atoms with Crippen LogP contribution >= 0.6 is 0 Å². The third-order valence-corrected chi connectivity index (χ3v) is 7.40. The van der Waals surface area contributed by atoms with E-state index < -0.39 is 11.1 Å². The summed E-state index contributed by atoms with van der Waals surface area (Å²) in [4.78, 5) is 20.7. The molecule has 2 aromatic heterocycles. The summed E-state index contributed by atoms with van der Waals surface area (Å²) < 4.78 is 0. The Morgan fingerprint density at radius 2 is 1.03 bits per heavy atom. The Bertz CT molecular complexity index is 1480. The highest BCUT2D eigenvalue weighted by Gasteiger charge is 2.38. The van der Waals surface area contributed by atoms with Crippen LogP contribution in [0.3, 0.4) is 0 Å². The molecule has 4 aromatic rings. The lowest BCUT2D eigenvalue weighted by molar-refractivity contribution is 0.515. The van der Waals surface area contributed by atoms with Crippen molar-refractivity contribution in [3.8, 4) is 0 Å². The van der Waals surface area contributed by atoms with Gasteiger partial charge in [-0.3, -0.25) is 4.98 Å². The van der Waals surface area contributed by atoms with Gasteiger partial charge < -0.3 is 10.6 Å². The number of anilines is 2. The Labute approximate surface area is 210 Å². The van der Waals surface area contributed by atoms with Gasteiger partial charge >= 0.3 is 0 Å². The minimum Gasteiger partial charge on any atom is -0.372 e. The van der Waals surface area contributed by atoms with E-state index in [9.17, 15) is 0 Å². The molecule has 0 fully saturated rings. The molecule has 176 valence electrons. The first-order valence-electron chi connectivity index (χ1n) is 12.3. The summed E-state index contributed by atoms with van der Waals surface area (Å²) in [5.41, 5.74) is 8.38. The molecule has 0 aliphatic carbocycles. The number of hydrogen-bond donors (Lipinski definition) is 2. The van der Waals surface area contributed by atoms with E-state index >= 15 is 0 Å². The lowest BCUT2D eigenvalue weighted by atomic mass is 9.85. The average molecular weight is 471 g/mol. The maximum atomic E-state index is 5.30. The van der Waals surface area contributed by atoms with Gasteiger partial charge in [-0.05, 0) is 62.4 Å². The molecule has 36 heavy (non-hydrogen) atoms. The van der Waals surface area contributed by atoms with Crippen molar-refractivity contribution < 1.29 is 0 Å². The molecule has 0 amide bonds. The number of nitrogens with zero attached hydrogens (tertiary/aromatic N) is 4. The van der Waals surface area contributed by atoms with Crippen molar-refractivity contribution in [2.45, 2.75) is 37.8 Å². The summed E-state index contributed by atoms with van der Waals surface area (Å²) in [6.07, 6.45) is 1.29. The van der Waals surface area contributed by atoms with Crippen molar-refractivity contribution in [2.24, 2.45) is 9.98 Å². The van der Waals surface area contributed by atoms with Gasteiger partial charge in [0.1, 0.15) is 0 Å². The summed E-state index contributed by atoms with van der Waals surface area (Å²) in [5.74, 6) is 0. The van der Waals surface area contributed by atoms with Crippen molar-refractivity contribution in [3.63, 3.8) is 0 Å². The first-order chi connectivity index (χ1) is 17.5.